The molecule has 1 aliphatic rings. The maximum absolute atomic E-state index is 11.7. The minimum Gasteiger partial charge on any atom is -0.303 e. The van der Waals surface area contributed by atoms with Gasteiger partial charge in [0, 0.05) is 5.56 Å². The topological polar surface area (TPSA) is 53.8 Å². The predicted molar refractivity (Wildman–Crippen MR) is 106 cm³/mol. The fourth-order valence-electron chi connectivity index (χ4n) is 3.05. The summed E-state index contributed by atoms with van der Waals surface area (Å²) in [6, 6.07) is 18.7. The number of hydrogen-bond acceptors (Lipinski definition) is 4. The maximum Gasteiger partial charge on any atom is 0.239 e. The van der Waals surface area contributed by atoms with Crippen LogP contribution >= 0.6 is 11.8 Å². The van der Waals surface area contributed by atoms with Gasteiger partial charge in [-0.3, -0.25) is 4.79 Å². The Morgan fingerprint density at radius 1 is 1.08 bits per heavy atom. The third-order valence-electron chi connectivity index (χ3n) is 4.30. The number of carbonyl (C=O) groups excluding carboxylic acids is 1. The van der Waals surface area contributed by atoms with Crippen LogP contribution in [-0.4, -0.2) is 22.5 Å². The first-order valence-corrected chi connectivity index (χ1v) is 9.13. The summed E-state index contributed by atoms with van der Waals surface area (Å²) in [7, 11) is 0. The molecule has 3 aromatic carbocycles. The molecule has 1 fully saturated rings. The molecule has 0 aromatic heterocycles. The molecule has 1 amide bonds. The van der Waals surface area contributed by atoms with E-state index < -0.39 is 0 Å². The van der Waals surface area contributed by atoms with Crippen molar-refractivity contribution in [3.05, 3.63) is 60.2 Å². The summed E-state index contributed by atoms with van der Waals surface area (Å²) in [6.07, 6.45) is 2.57. The molecule has 3 aromatic rings. The molecule has 1 N–H and O–H groups in total. The molecule has 1 atom stereocenters. The fraction of sp³-hybridized carbons (Fsp3) is 0.150. The molecule has 0 spiro atoms. The van der Waals surface area contributed by atoms with Gasteiger partial charge in [0.2, 0.25) is 5.91 Å². The van der Waals surface area contributed by atoms with Crippen LogP contribution in [0.3, 0.4) is 0 Å². The Morgan fingerprint density at radius 3 is 2.32 bits per heavy atom. The lowest BCUT2D eigenvalue weighted by Gasteiger charge is -2.07. The highest BCUT2D eigenvalue weighted by Gasteiger charge is 2.28. The number of amides is 1. The first kappa shape index (κ1) is 15.8. The molecule has 4 nitrogen and oxygen atoms in total. The molecule has 0 bridgehead atoms. The van der Waals surface area contributed by atoms with Crippen molar-refractivity contribution in [1.82, 2.24) is 5.32 Å². The van der Waals surface area contributed by atoms with Crippen LogP contribution in [0.1, 0.15) is 18.9 Å². The number of nitrogens with one attached hydrogen (secondary N) is 1. The number of fused-ring (bicyclic) bond motifs is 2. The molecule has 1 aliphatic heterocycles. The van der Waals surface area contributed by atoms with Crippen LogP contribution in [0.25, 0.3) is 21.5 Å². The first-order chi connectivity index (χ1) is 12.3. The van der Waals surface area contributed by atoms with Gasteiger partial charge in [0.1, 0.15) is 0 Å². The van der Waals surface area contributed by atoms with Crippen LogP contribution in [-0.2, 0) is 4.79 Å². The van der Waals surface area contributed by atoms with E-state index in [-0.39, 0.29) is 11.2 Å². The van der Waals surface area contributed by atoms with E-state index in [0.29, 0.717) is 5.17 Å². The number of rotatable bonds is 3. The second-order valence-corrected chi connectivity index (χ2v) is 7.08. The zero-order valence-electron chi connectivity index (χ0n) is 13.8. The van der Waals surface area contributed by atoms with Crippen molar-refractivity contribution in [2.75, 3.05) is 0 Å². The highest BCUT2D eigenvalue weighted by Crippen LogP contribution is 2.27. The standard InChI is InChI=1S/C20H17N3OS/c1-2-18-19(24)22-20(25-18)23-21-12-17-15-9-5-3-7-13(15)11-14-8-4-6-10-16(14)17/h3-12,18H,2H2,1H3,(H,22,23,24)/b21-12+. The number of amidine groups is 1. The zero-order valence-corrected chi connectivity index (χ0v) is 14.6. The normalized spacial score (nSPS) is 19.3. The zero-order chi connectivity index (χ0) is 17.2. The van der Waals surface area contributed by atoms with Gasteiger partial charge in [-0.1, -0.05) is 67.2 Å². The lowest BCUT2D eigenvalue weighted by Crippen LogP contribution is -2.24. The Bertz CT molecular complexity index is 972. The molecular formula is C20H17N3OS. The van der Waals surface area contributed by atoms with Crippen molar-refractivity contribution in [3.8, 4) is 0 Å². The van der Waals surface area contributed by atoms with Gasteiger partial charge in [-0.05, 0) is 34.0 Å². The highest BCUT2D eigenvalue weighted by atomic mass is 32.2. The molecule has 1 heterocycles. The number of nitrogens with zero attached hydrogens (tertiary/aromatic N) is 2. The Hall–Kier alpha value is -2.66. The second kappa shape index (κ2) is 6.69. The smallest absolute Gasteiger partial charge is 0.239 e. The minimum absolute atomic E-state index is 0.0112. The van der Waals surface area contributed by atoms with Crippen molar-refractivity contribution in [2.24, 2.45) is 10.2 Å². The van der Waals surface area contributed by atoms with E-state index in [1.807, 2.05) is 31.2 Å². The molecule has 0 saturated carbocycles. The molecule has 25 heavy (non-hydrogen) atoms. The molecule has 1 unspecified atom stereocenters. The maximum atomic E-state index is 11.7. The van der Waals surface area contributed by atoms with Crippen molar-refractivity contribution in [3.63, 3.8) is 0 Å². The van der Waals surface area contributed by atoms with Crippen LogP contribution in [0.15, 0.2) is 64.8 Å². The summed E-state index contributed by atoms with van der Waals surface area (Å²) in [4.78, 5) is 11.7. The summed E-state index contributed by atoms with van der Waals surface area (Å²) >= 11 is 1.44. The largest absolute Gasteiger partial charge is 0.303 e. The summed E-state index contributed by atoms with van der Waals surface area (Å²) < 4.78 is 0. The lowest BCUT2D eigenvalue weighted by atomic mass is 9.97. The van der Waals surface area contributed by atoms with Gasteiger partial charge >= 0.3 is 0 Å². The van der Waals surface area contributed by atoms with Crippen molar-refractivity contribution in [2.45, 2.75) is 18.6 Å². The van der Waals surface area contributed by atoms with E-state index in [9.17, 15) is 4.79 Å². The van der Waals surface area contributed by atoms with E-state index in [0.717, 1.165) is 22.8 Å². The molecule has 1 saturated heterocycles. The summed E-state index contributed by atoms with van der Waals surface area (Å²) in [5, 5.41) is 16.4. The Labute approximate surface area is 150 Å². The number of thioether (sulfide) groups is 1. The molecule has 0 radical (unpaired) electrons. The monoisotopic (exact) mass is 347 g/mol. The van der Waals surface area contributed by atoms with Crippen LogP contribution in [0.4, 0.5) is 0 Å². The summed E-state index contributed by atoms with van der Waals surface area (Å²) in [6.45, 7) is 1.99. The lowest BCUT2D eigenvalue weighted by molar-refractivity contribution is -0.118. The third kappa shape index (κ3) is 3.03. The number of benzene rings is 3. The van der Waals surface area contributed by atoms with Crippen LogP contribution < -0.4 is 5.32 Å². The van der Waals surface area contributed by atoms with Crippen LogP contribution in [0.5, 0.6) is 0 Å². The quantitative estimate of drug-likeness (QED) is 0.436. The Kier molecular flexibility index (Phi) is 4.24. The minimum atomic E-state index is -0.0627. The van der Waals surface area contributed by atoms with Gasteiger partial charge in [0.05, 0.1) is 11.5 Å². The third-order valence-corrected chi connectivity index (χ3v) is 5.53. The van der Waals surface area contributed by atoms with Crippen molar-refractivity contribution in [1.29, 1.82) is 0 Å². The highest BCUT2D eigenvalue weighted by molar-refractivity contribution is 8.15. The van der Waals surface area contributed by atoms with E-state index in [2.05, 4.69) is 45.9 Å². The first-order valence-electron chi connectivity index (χ1n) is 8.25. The average molecular weight is 347 g/mol. The van der Waals surface area contributed by atoms with Crippen LogP contribution in [0, 0.1) is 0 Å². The fourth-order valence-corrected chi connectivity index (χ4v) is 3.90. The van der Waals surface area contributed by atoms with Gasteiger partial charge in [-0.25, -0.2) is 0 Å². The van der Waals surface area contributed by atoms with E-state index in [1.54, 1.807) is 6.21 Å². The van der Waals surface area contributed by atoms with Gasteiger partial charge < -0.3 is 5.32 Å². The average Bonchev–Trinajstić information content (AvgIpc) is 3.01. The summed E-state index contributed by atoms with van der Waals surface area (Å²) in [5.74, 6) is 0.0112. The van der Waals surface area contributed by atoms with E-state index >= 15 is 0 Å². The molecule has 5 heteroatoms. The van der Waals surface area contributed by atoms with Gasteiger partial charge in [-0.15, -0.1) is 5.10 Å². The van der Waals surface area contributed by atoms with E-state index in [4.69, 9.17) is 0 Å². The number of hydrogen-bond donors (Lipinski definition) is 1. The van der Waals surface area contributed by atoms with Gasteiger partial charge in [0.25, 0.3) is 0 Å². The molecule has 0 aliphatic carbocycles. The number of carbonyl (C=O) groups is 1. The molecular weight excluding hydrogens is 330 g/mol. The Balaban J connectivity index is 1.76. The van der Waals surface area contributed by atoms with Crippen molar-refractivity contribution >= 4 is 50.6 Å². The van der Waals surface area contributed by atoms with Gasteiger partial charge in [-0.2, -0.15) is 5.10 Å². The van der Waals surface area contributed by atoms with E-state index in [1.165, 1.54) is 22.5 Å². The van der Waals surface area contributed by atoms with Gasteiger partial charge in [0.15, 0.2) is 5.17 Å². The summed E-state index contributed by atoms with van der Waals surface area (Å²) in [5.41, 5.74) is 1.04. The van der Waals surface area contributed by atoms with Crippen LogP contribution in [0.2, 0.25) is 0 Å². The SMILES string of the molecule is CCC1S/C(=N\N=C\c2c3ccccc3cc3ccccc23)NC1=O. The second-order valence-electron chi connectivity index (χ2n) is 5.89. The Morgan fingerprint density at radius 2 is 1.72 bits per heavy atom. The van der Waals surface area contributed by atoms with Crippen molar-refractivity contribution < 1.29 is 4.79 Å². The molecule has 4 rings (SSSR count). The molecule has 124 valence electrons. The predicted octanol–water partition coefficient (Wildman–Crippen LogP) is 4.32.